The third-order valence-electron chi connectivity index (χ3n) is 5.66. The average Bonchev–Trinajstić information content (AvgIpc) is 3.29. The monoisotopic (exact) mass is 406 g/mol. The summed E-state index contributed by atoms with van der Waals surface area (Å²) in [7, 11) is 0. The highest BCUT2D eigenvalue weighted by molar-refractivity contribution is 5.91. The zero-order valence-electron chi connectivity index (χ0n) is 15.9. The molecule has 0 radical (unpaired) electrons. The molecule has 2 heterocycles. The van der Waals surface area contributed by atoms with Crippen LogP contribution in [0.2, 0.25) is 0 Å². The highest BCUT2D eigenvalue weighted by Gasteiger charge is 2.54. The molecule has 2 fully saturated rings. The molecule has 2 aromatic rings. The summed E-state index contributed by atoms with van der Waals surface area (Å²) < 4.78 is 57.9. The Labute approximate surface area is 166 Å². The van der Waals surface area contributed by atoms with Crippen molar-refractivity contribution in [3.63, 3.8) is 0 Å². The molecule has 4 rings (SSSR count). The topological polar surface area (TPSA) is 44.8 Å². The van der Waals surface area contributed by atoms with Gasteiger partial charge in [0.05, 0.1) is 23.3 Å². The predicted octanol–water partition coefficient (Wildman–Crippen LogP) is 5.40. The minimum absolute atomic E-state index is 0.00724. The van der Waals surface area contributed by atoms with Crippen LogP contribution in [0.3, 0.4) is 0 Å². The number of para-hydroxylation sites is 1. The summed E-state index contributed by atoms with van der Waals surface area (Å²) in [4.78, 5) is 12.5. The van der Waals surface area contributed by atoms with E-state index in [0.717, 1.165) is 31.0 Å². The summed E-state index contributed by atoms with van der Waals surface area (Å²) in [6.45, 7) is 1.88. The molecule has 0 saturated carbocycles. The molecule has 2 saturated heterocycles. The van der Waals surface area contributed by atoms with Crippen molar-refractivity contribution in [1.82, 2.24) is 0 Å². The second-order valence-corrected chi connectivity index (χ2v) is 7.46. The van der Waals surface area contributed by atoms with E-state index in [0.29, 0.717) is 18.6 Å². The molecule has 2 aliphatic heterocycles. The molecule has 2 bridgehead atoms. The van der Waals surface area contributed by atoms with E-state index in [1.54, 1.807) is 30.3 Å². The van der Waals surface area contributed by atoms with Gasteiger partial charge in [-0.2, -0.15) is 13.2 Å². The molecule has 29 heavy (non-hydrogen) atoms. The molecule has 0 aliphatic carbocycles. The summed E-state index contributed by atoms with van der Waals surface area (Å²) in [5.41, 5.74) is -1.73. The van der Waals surface area contributed by atoms with Crippen LogP contribution in [0.1, 0.15) is 48.5 Å². The second kappa shape index (κ2) is 7.37. The first-order valence-corrected chi connectivity index (χ1v) is 9.64. The zero-order chi connectivity index (χ0) is 20.6. The first kappa shape index (κ1) is 19.8. The van der Waals surface area contributed by atoms with Crippen LogP contribution in [0.15, 0.2) is 48.5 Å². The molecule has 0 amide bonds. The van der Waals surface area contributed by atoms with Crippen LogP contribution in [-0.2, 0) is 10.9 Å². The fourth-order valence-corrected chi connectivity index (χ4v) is 4.15. The molecule has 154 valence electrons. The van der Waals surface area contributed by atoms with E-state index >= 15 is 0 Å². The highest BCUT2D eigenvalue weighted by Crippen LogP contribution is 2.48. The molecule has 2 aliphatic rings. The fourth-order valence-electron chi connectivity index (χ4n) is 4.15. The number of alkyl halides is 3. The van der Waals surface area contributed by atoms with Gasteiger partial charge in [-0.15, -0.1) is 0 Å². The Morgan fingerprint density at radius 1 is 1.17 bits per heavy atom. The van der Waals surface area contributed by atoms with Crippen LogP contribution in [0, 0.1) is 0 Å². The van der Waals surface area contributed by atoms with Crippen molar-refractivity contribution in [3.05, 3.63) is 59.7 Å². The van der Waals surface area contributed by atoms with Gasteiger partial charge in [0.25, 0.3) is 0 Å². The predicted molar refractivity (Wildman–Crippen MR) is 99.0 cm³/mol. The Kier molecular flexibility index (Phi) is 5.02. The number of hydrogen-bond acceptors (Lipinski definition) is 4. The van der Waals surface area contributed by atoms with Crippen LogP contribution in [0.4, 0.5) is 13.2 Å². The van der Waals surface area contributed by atoms with Crippen molar-refractivity contribution in [3.8, 4) is 11.5 Å². The third-order valence-corrected chi connectivity index (χ3v) is 5.66. The minimum atomic E-state index is -4.61. The lowest BCUT2D eigenvalue weighted by Gasteiger charge is -2.36. The third kappa shape index (κ3) is 3.83. The Hall–Kier alpha value is -2.54. The first-order chi connectivity index (χ1) is 13.8. The van der Waals surface area contributed by atoms with Gasteiger partial charge in [-0.1, -0.05) is 25.1 Å². The number of halogens is 3. The van der Waals surface area contributed by atoms with Gasteiger partial charge < -0.3 is 14.2 Å². The van der Waals surface area contributed by atoms with Gasteiger partial charge in [0.2, 0.25) is 0 Å². The Morgan fingerprint density at radius 3 is 2.52 bits per heavy atom. The number of esters is 1. The van der Waals surface area contributed by atoms with Crippen molar-refractivity contribution >= 4 is 5.97 Å². The number of fused-ring (bicyclic) bond motifs is 2. The maximum Gasteiger partial charge on any atom is 0.419 e. The highest BCUT2D eigenvalue weighted by atomic mass is 19.4. The van der Waals surface area contributed by atoms with E-state index in [4.69, 9.17) is 14.2 Å². The molecule has 0 aromatic heterocycles. The van der Waals surface area contributed by atoms with E-state index in [9.17, 15) is 18.0 Å². The van der Waals surface area contributed by atoms with Crippen LogP contribution < -0.4 is 9.47 Å². The number of hydrogen-bond donors (Lipinski definition) is 0. The van der Waals surface area contributed by atoms with Gasteiger partial charge in [0.15, 0.2) is 0 Å². The van der Waals surface area contributed by atoms with E-state index < -0.39 is 23.3 Å². The van der Waals surface area contributed by atoms with Gasteiger partial charge in [0, 0.05) is 6.42 Å². The molecular weight excluding hydrogens is 385 g/mol. The molecule has 0 spiro atoms. The molecule has 3 atom stereocenters. The Morgan fingerprint density at radius 2 is 1.93 bits per heavy atom. The smallest absolute Gasteiger partial charge is 0.419 e. The number of rotatable bonds is 5. The number of benzene rings is 2. The summed E-state index contributed by atoms with van der Waals surface area (Å²) in [6, 6.07) is 11.5. The number of carbonyl (C=O) groups is 1. The molecule has 2 aromatic carbocycles. The summed E-state index contributed by atoms with van der Waals surface area (Å²) in [5.74, 6) is -0.797. The SMILES string of the molecule is CCC1(Oc2cc(C(=O)Oc3ccccc3)ccc2C(F)(F)F)CC2CCC1O2. The van der Waals surface area contributed by atoms with E-state index in [-0.39, 0.29) is 23.5 Å². The zero-order valence-corrected chi connectivity index (χ0v) is 15.9. The molecule has 0 N–H and O–H groups in total. The molecule has 7 heteroatoms. The maximum atomic E-state index is 13.6. The van der Waals surface area contributed by atoms with Crippen molar-refractivity contribution in [1.29, 1.82) is 0 Å². The van der Waals surface area contributed by atoms with Gasteiger partial charge >= 0.3 is 12.1 Å². The van der Waals surface area contributed by atoms with E-state index in [2.05, 4.69) is 0 Å². The lowest BCUT2D eigenvalue weighted by atomic mass is 9.82. The van der Waals surface area contributed by atoms with Gasteiger partial charge in [0.1, 0.15) is 17.1 Å². The van der Waals surface area contributed by atoms with E-state index in [1.165, 1.54) is 0 Å². The number of carbonyl (C=O) groups excluding carboxylic acids is 1. The van der Waals surface area contributed by atoms with Gasteiger partial charge in [-0.05, 0) is 49.6 Å². The quantitative estimate of drug-likeness (QED) is 0.492. The normalized spacial score (nSPS) is 25.8. The van der Waals surface area contributed by atoms with E-state index in [1.807, 2.05) is 6.92 Å². The van der Waals surface area contributed by atoms with Crippen molar-refractivity contribution in [2.75, 3.05) is 0 Å². The Balaban J connectivity index is 1.65. The lowest BCUT2D eigenvalue weighted by Crippen LogP contribution is -2.45. The fraction of sp³-hybridized carbons (Fsp3) is 0.409. The second-order valence-electron chi connectivity index (χ2n) is 7.46. The van der Waals surface area contributed by atoms with Crippen LogP contribution in [-0.4, -0.2) is 23.8 Å². The van der Waals surface area contributed by atoms with Crippen LogP contribution in [0.5, 0.6) is 11.5 Å². The summed E-state index contributed by atoms with van der Waals surface area (Å²) in [6.07, 6.45) is -2.11. The molecular formula is C22H21F3O4. The summed E-state index contributed by atoms with van der Waals surface area (Å²) >= 11 is 0. The molecule has 4 nitrogen and oxygen atoms in total. The molecule has 3 unspecified atom stereocenters. The largest absolute Gasteiger partial charge is 0.484 e. The van der Waals surface area contributed by atoms with Crippen molar-refractivity contribution < 1.29 is 32.2 Å². The Bertz CT molecular complexity index is 897. The minimum Gasteiger partial charge on any atom is -0.484 e. The van der Waals surface area contributed by atoms with Crippen LogP contribution >= 0.6 is 0 Å². The van der Waals surface area contributed by atoms with Gasteiger partial charge in [-0.3, -0.25) is 0 Å². The van der Waals surface area contributed by atoms with Crippen molar-refractivity contribution in [2.24, 2.45) is 0 Å². The van der Waals surface area contributed by atoms with Crippen LogP contribution in [0.25, 0.3) is 0 Å². The maximum absolute atomic E-state index is 13.6. The lowest BCUT2D eigenvalue weighted by molar-refractivity contribution is -0.140. The standard InChI is InChI=1S/C22H21F3O4/c1-2-21(13-16-9-11-19(21)27-16)29-18-12-14(8-10-17(18)22(23,24)25)20(26)28-15-6-4-3-5-7-15/h3-8,10,12,16,19H,2,9,11,13H2,1H3. The number of ether oxygens (including phenoxy) is 3. The average molecular weight is 406 g/mol. The van der Waals surface area contributed by atoms with Crippen molar-refractivity contribution in [2.45, 2.75) is 56.6 Å². The van der Waals surface area contributed by atoms with Gasteiger partial charge in [-0.25, -0.2) is 4.79 Å². The first-order valence-electron chi connectivity index (χ1n) is 9.64. The summed E-state index contributed by atoms with van der Waals surface area (Å²) in [5, 5.41) is 0.